The Balaban J connectivity index is 2.14. The van der Waals surface area contributed by atoms with Gasteiger partial charge in [-0.25, -0.2) is 0 Å². The van der Waals surface area contributed by atoms with E-state index in [1.54, 1.807) is 10.9 Å². The van der Waals surface area contributed by atoms with Crippen molar-refractivity contribution < 1.29 is 4.74 Å². The minimum Gasteiger partial charge on any atom is -0.486 e. The summed E-state index contributed by atoms with van der Waals surface area (Å²) in [5.41, 5.74) is 9.87. The van der Waals surface area contributed by atoms with Crippen molar-refractivity contribution in [1.82, 2.24) is 9.78 Å². The lowest BCUT2D eigenvalue weighted by molar-refractivity contribution is 0.305. The van der Waals surface area contributed by atoms with E-state index >= 15 is 0 Å². The molecule has 2 aromatic rings. The van der Waals surface area contributed by atoms with Gasteiger partial charge in [-0.1, -0.05) is 6.07 Å². The number of hydrogen-bond acceptors (Lipinski definition) is 3. The first-order chi connectivity index (χ1) is 8.06. The van der Waals surface area contributed by atoms with Crippen LogP contribution in [0.2, 0.25) is 0 Å². The summed E-state index contributed by atoms with van der Waals surface area (Å²) in [6, 6.07) is 3.99. The molecule has 1 aromatic heterocycles. The van der Waals surface area contributed by atoms with Gasteiger partial charge in [0.15, 0.2) is 0 Å². The Kier molecular flexibility index (Phi) is 3.04. The molecule has 0 atom stereocenters. The number of ether oxygens (including phenoxy) is 1. The molecule has 0 aliphatic rings. The summed E-state index contributed by atoms with van der Waals surface area (Å²) in [5.74, 6) is 0.763. The smallest absolute Gasteiger partial charge is 0.145 e. The van der Waals surface area contributed by atoms with Crippen molar-refractivity contribution in [1.29, 1.82) is 0 Å². The molecule has 0 amide bonds. The second-order valence-electron chi connectivity index (χ2n) is 4.31. The molecule has 0 fully saturated rings. The first kappa shape index (κ1) is 11.5. The first-order valence-corrected chi connectivity index (χ1v) is 5.53. The normalized spacial score (nSPS) is 10.5. The number of rotatable bonds is 3. The molecule has 2 rings (SSSR count). The summed E-state index contributed by atoms with van der Waals surface area (Å²) < 4.78 is 7.50. The van der Waals surface area contributed by atoms with E-state index in [1.165, 1.54) is 0 Å². The maximum absolute atomic E-state index is 5.95. The van der Waals surface area contributed by atoms with Crippen LogP contribution < -0.4 is 10.5 Å². The van der Waals surface area contributed by atoms with E-state index in [-0.39, 0.29) is 0 Å². The molecule has 4 nitrogen and oxygen atoms in total. The standard InChI is InChI=1S/C13H17N3O/c1-9-4-10(2)13(12(14)5-9)17-8-11-6-15-16(3)7-11/h4-7H,8,14H2,1-3H3. The molecule has 0 saturated carbocycles. The van der Waals surface area contributed by atoms with Gasteiger partial charge < -0.3 is 10.5 Å². The molecular formula is C13H17N3O. The monoisotopic (exact) mass is 231 g/mol. The van der Waals surface area contributed by atoms with E-state index in [2.05, 4.69) is 11.2 Å². The predicted octanol–water partition coefficient (Wildman–Crippen LogP) is 2.20. The highest BCUT2D eigenvalue weighted by atomic mass is 16.5. The van der Waals surface area contributed by atoms with Gasteiger partial charge >= 0.3 is 0 Å². The summed E-state index contributed by atoms with van der Waals surface area (Å²) in [6.07, 6.45) is 3.72. The average molecular weight is 231 g/mol. The Labute approximate surface area is 101 Å². The quantitative estimate of drug-likeness (QED) is 0.824. The molecule has 4 heteroatoms. The Bertz CT molecular complexity index is 508. The van der Waals surface area contributed by atoms with Gasteiger partial charge in [-0.3, -0.25) is 4.68 Å². The van der Waals surface area contributed by atoms with Gasteiger partial charge in [0.05, 0.1) is 11.9 Å². The average Bonchev–Trinajstić information content (AvgIpc) is 2.62. The molecule has 0 bridgehead atoms. The molecule has 0 aliphatic carbocycles. The van der Waals surface area contributed by atoms with E-state index in [0.717, 1.165) is 22.4 Å². The van der Waals surface area contributed by atoms with Crippen LogP contribution in [0.25, 0.3) is 0 Å². The number of nitrogens with two attached hydrogens (primary N) is 1. The largest absolute Gasteiger partial charge is 0.486 e. The lowest BCUT2D eigenvalue weighted by Crippen LogP contribution is -2.00. The summed E-state index contributed by atoms with van der Waals surface area (Å²) >= 11 is 0. The lowest BCUT2D eigenvalue weighted by Gasteiger charge is -2.11. The van der Waals surface area contributed by atoms with Crippen molar-refractivity contribution in [2.24, 2.45) is 7.05 Å². The van der Waals surface area contributed by atoms with E-state index in [9.17, 15) is 0 Å². The van der Waals surface area contributed by atoms with Crippen LogP contribution in [-0.2, 0) is 13.7 Å². The van der Waals surface area contributed by atoms with Gasteiger partial charge in [0.2, 0.25) is 0 Å². The van der Waals surface area contributed by atoms with Gasteiger partial charge in [0.25, 0.3) is 0 Å². The van der Waals surface area contributed by atoms with E-state index in [4.69, 9.17) is 10.5 Å². The van der Waals surface area contributed by atoms with Crippen LogP contribution in [0.4, 0.5) is 5.69 Å². The summed E-state index contributed by atoms with van der Waals surface area (Å²) in [4.78, 5) is 0. The highest BCUT2D eigenvalue weighted by molar-refractivity contribution is 5.58. The molecule has 2 N–H and O–H groups in total. The van der Waals surface area contributed by atoms with E-state index < -0.39 is 0 Å². The minimum atomic E-state index is 0.488. The summed E-state index contributed by atoms with van der Waals surface area (Å²) in [5, 5.41) is 4.09. The number of nitrogens with zero attached hydrogens (tertiary/aromatic N) is 2. The lowest BCUT2D eigenvalue weighted by atomic mass is 10.1. The number of hydrogen-bond donors (Lipinski definition) is 1. The van der Waals surface area contributed by atoms with Gasteiger partial charge in [-0.15, -0.1) is 0 Å². The predicted molar refractivity (Wildman–Crippen MR) is 67.9 cm³/mol. The number of aryl methyl sites for hydroxylation is 3. The van der Waals surface area contributed by atoms with Crippen LogP contribution in [0.3, 0.4) is 0 Å². The van der Waals surface area contributed by atoms with Crippen molar-refractivity contribution in [2.45, 2.75) is 20.5 Å². The fourth-order valence-electron chi connectivity index (χ4n) is 1.89. The van der Waals surface area contributed by atoms with Gasteiger partial charge in [0, 0.05) is 18.8 Å². The van der Waals surface area contributed by atoms with Crippen molar-refractivity contribution in [3.8, 4) is 5.75 Å². The van der Waals surface area contributed by atoms with Gasteiger partial charge in [0.1, 0.15) is 12.4 Å². The van der Waals surface area contributed by atoms with Crippen molar-refractivity contribution in [3.05, 3.63) is 41.2 Å². The molecule has 0 unspecified atom stereocenters. The number of nitrogen functional groups attached to an aromatic ring is 1. The topological polar surface area (TPSA) is 53.1 Å². The maximum atomic E-state index is 5.95. The van der Waals surface area contributed by atoms with E-state index in [0.29, 0.717) is 12.3 Å². The van der Waals surface area contributed by atoms with Crippen molar-refractivity contribution >= 4 is 5.69 Å². The Hall–Kier alpha value is -1.97. The molecule has 1 heterocycles. The van der Waals surface area contributed by atoms with Crippen LogP contribution in [0, 0.1) is 13.8 Å². The minimum absolute atomic E-state index is 0.488. The fraction of sp³-hybridized carbons (Fsp3) is 0.308. The third-order valence-electron chi connectivity index (χ3n) is 2.59. The second-order valence-corrected chi connectivity index (χ2v) is 4.31. The van der Waals surface area contributed by atoms with Crippen LogP contribution >= 0.6 is 0 Å². The maximum Gasteiger partial charge on any atom is 0.145 e. The summed E-state index contributed by atoms with van der Waals surface area (Å²) in [6.45, 7) is 4.51. The molecule has 0 aliphatic heterocycles. The Morgan fingerprint density at radius 2 is 2.12 bits per heavy atom. The zero-order valence-electron chi connectivity index (χ0n) is 10.4. The van der Waals surface area contributed by atoms with Crippen LogP contribution in [0.5, 0.6) is 5.75 Å². The molecule has 1 aromatic carbocycles. The second kappa shape index (κ2) is 4.49. The molecular weight excluding hydrogens is 214 g/mol. The van der Waals surface area contributed by atoms with Crippen LogP contribution in [0.15, 0.2) is 24.5 Å². The first-order valence-electron chi connectivity index (χ1n) is 5.53. The zero-order chi connectivity index (χ0) is 12.4. The molecule has 0 radical (unpaired) electrons. The van der Waals surface area contributed by atoms with Gasteiger partial charge in [-0.05, 0) is 31.0 Å². The van der Waals surface area contributed by atoms with Crippen LogP contribution in [0.1, 0.15) is 16.7 Å². The third kappa shape index (κ3) is 2.58. The zero-order valence-corrected chi connectivity index (χ0v) is 10.4. The molecule has 0 saturated heterocycles. The van der Waals surface area contributed by atoms with Crippen molar-refractivity contribution in [3.63, 3.8) is 0 Å². The number of benzene rings is 1. The highest BCUT2D eigenvalue weighted by Gasteiger charge is 2.06. The molecule has 0 spiro atoms. The Morgan fingerprint density at radius 3 is 2.71 bits per heavy atom. The summed E-state index contributed by atoms with van der Waals surface area (Å²) in [7, 11) is 1.88. The highest BCUT2D eigenvalue weighted by Crippen LogP contribution is 2.28. The SMILES string of the molecule is Cc1cc(C)c(OCc2cnn(C)c2)c(N)c1. The van der Waals surface area contributed by atoms with Gasteiger partial charge in [-0.2, -0.15) is 5.10 Å². The third-order valence-corrected chi connectivity index (χ3v) is 2.59. The Morgan fingerprint density at radius 1 is 1.35 bits per heavy atom. The number of anilines is 1. The molecule has 90 valence electrons. The number of aromatic nitrogens is 2. The van der Waals surface area contributed by atoms with E-state index in [1.807, 2.05) is 33.2 Å². The van der Waals surface area contributed by atoms with Crippen LogP contribution in [-0.4, -0.2) is 9.78 Å². The molecule has 17 heavy (non-hydrogen) atoms. The fourth-order valence-corrected chi connectivity index (χ4v) is 1.89. The van der Waals surface area contributed by atoms with Crippen molar-refractivity contribution in [2.75, 3.05) is 5.73 Å².